The lowest BCUT2D eigenvalue weighted by atomic mass is 9.87. The fraction of sp³-hybridized carbons (Fsp3) is 0.321. The van der Waals surface area contributed by atoms with Crippen LogP contribution >= 0.6 is 11.6 Å². The van der Waals surface area contributed by atoms with Crippen molar-refractivity contribution in [2.45, 2.75) is 25.3 Å². The molecule has 5 rings (SSSR count). The van der Waals surface area contributed by atoms with Crippen LogP contribution in [-0.2, 0) is 17.6 Å². The molecule has 0 saturated carbocycles. The lowest BCUT2D eigenvalue weighted by molar-refractivity contribution is -0.132. The third-order valence-electron chi connectivity index (χ3n) is 6.53. The van der Waals surface area contributed by atoms with E-state index in [4.69, 9.17) is 30.5 Å². The molecule has 0 fully saturated rings. The van der Waals surface area contributed by atoms with Gasteiger partial charge in [0.05, 0.1) is 44.9 Å². The minimum absolute atomic E-state index is 0.0184. The van der Waals surface area contributed by atoms with Gasteiger partial charge in [0.1, 0.15) is 0 Å². The molecule has 2 heterocycles. The number of methoxy groups -OCH3 is 2. The number of halogens is 1. The molecular weight excluding hydrogens is 466 g/mol. The first-order chi connectivity index (χ1) is 17.1. The zero-order chi connectivity index (χ0) is 24.4. The normalized spacial score (nSPS) is 16.8. The first-order valence-corrected chi connectivity index (χ1v) is 12.1. The molecule has 0 radical (unpaired) electrons. The molecule has 182 valence electrons. The molecule has 1 amide bonds. The van der Waals surface area contributed by atoms with Gasteiger partial charge in [0, 0.05) is 13.0 Å². The third-order valence-corrected chi connectivity index (χ3v) is 6.81. The molecule has 6 nitrogen and oxygen atoms in total. The van der Waals surface area contributed by atoms with Crippen molar-refractivity contribution < 1.29 is 23.7 Å². The highest BCUT2D eigenvalue weighted by molar-refractivity contribution is 6.32. The van der Waals surface area contributed by atoms with E-state index >= 15 is 0 Å². The Balaban J connectivity index is 1.50. The third kappa shape index (κ3) is 4.63. The van der Waals surface area contributed by atoms with Gasteiger partial charge in [-0.3, -0.25) is 4.79 Å². The average molecular weight is 494 g/mol. The zero-order valence-corrected chi connectivity index (χ0v) is 20.6. The number of benzene rings is 3. The van der Waals surface area contributed by atoms with Crippen LogP contribution in [0.1, 0.15) is 34.7 Å². The average Bonchev–Trinajstić information content (AvgIpc) is 3.13. The quantitative estimate of drug-likeness (QED) is 0.487. The predicted octanol–water partition coefficient (Wildman–Crippen LogP) is 5.24. The van der Waals surface area contributed by atoms with E-state index in [0.717, 1.165) is 35.1 Å². The summed E-state index contributed by atoms with van der Waals surface area (Å²) < 4.78 is 22.7. The minimum atomic E-state index is -0.233. The highest BCUT2D eigenvalue weighted by Gasteiger charge is 2.33. The fourth-order valence-electron chi connectivity index (χ4n) is 4.87. The molecule has 1 atom stereocenters. The maximum Gasteiger partial charge on any atom is 0.227 e. The first-order valence-electron chi connectivity index (χ1n) is 11.8. The Kier molecular flexibility index (Phi) is 6.73. The van der Waals surface area contributed by atoms with Gasteiger partial charge in [-0.1, -0.05) is 41.9 Å². The number of carbonyl (C=O) groups excluding carboxylic acids is 1. The van der Waals surface area contributed by atoms with E-state index in [1.807, 2.05) is 41.3 Å². The summed E-state index contributed by atoms with van der Waals surface area (Å²) in [4.78, 5) is 15.7. The van der Waals surface area contributed by atoms with Crippen LogP contribution in [0.3, 0.4) is 0 Å². The minimum Gasteiger partial charge on any atom is -0.493 e. The summed E-state index contributed by atoms with van der Waals surface area (Å²) in [6.45, 7) is 1.72. The molecule has 35 heavy (non-hydrogen) atoms. The standard InChI is InChI=1S/C28H28ClNO5/c1-32-23-16-20-9-10-30(27(19-7-4-3-5-8-19)21(20)17-24(23)33-2)26(31)15-18-13-22(29)28-25(14-18)34-11-6-12-35-28/h3-5,7-8,13-14,16-17,27H,6,9-12,15H2,1-2H3. The van der Waals surface area contributed by atoms with Gasteiger partial charge in [0.2, 0.25) is 5.91 Å². The number of carbonyl (C=O) groups is 1. The van der Waals surface area contributed by atoms with E-state index in [1.165, 1.54) is 0 Å². The lowest BCUT2D eigenvalue weighted by Gasteiger charge is -2.38. The van der Waals surface area contributed by atoms with Crippen molar-refractivity contribution in [3.63, 3.8) is 0 Å². The molecule has 3 aromatic carbocycles. The second-order valence-corrected chi connectivity index (χ2v) is 9.10. The van der Waals surface area contributed by atoms with Crippen LogP contribution in [0.5, 0.6) is 23.0 Å². The largest absolute Gasteiger partial charge is 0.493 e. The molecule has 7 heteroatoms. The van der Waals surface area contributed by atoms with Gasteiger partial charge < -0.3 is 23.8 Å². The first kappa shape index (κ1) is 23.4. The van der Waals surface area contributed by atoms with Crippen LogP contribution in [0.4, 0.5) is 0 Å². The van der Waals surface area contributed by atoms with Gasteiger partial charge in [0.25, 0.3) is 0 Å². The summed E-state index contributed by atoms with van der Waals surface area (Å²) in [5, 5.41) is 0.465. The van der Waals surface area contributed by atoms with Crippen molar-refractivity contribution in [2.24, 2.45) is 0 Å². The number of hydrogen-bond donors (Lipinski definition) is 0. The Morgan fingerprint density at radius 2 is 1.77 bits per heavy atom. The predicted molar refractivity (Wildman–Crippen MR) is 134 cm³/mol. The van der Waals surface area contributed by atoms with E-state index in [-0.39, 0.29) is 18.4 Å². The molecule has 1 unspecified atom stereocenters. The molecule has 0 saturated heterocycles. The highest BCUT2D eigenvalue weighted by atomic mass is 35.5. The number of fused-ring (bicyclic) bond motifs is 2. The van der Waals surface area contributed by atoms with E-state index in [9.17, 15) is 4.79 Å². The maximum absolute atomic E-state index is 13.7. The molecule has 0 bridgehead atoms. The summed E-state index contributed by atoms with van der Waals surface area (Å²) in [6, 6.07) is 17.5. The fourth-order valence-corrected chi connectivity index (χ4v) is 5.16. The van der Waals surface area contributed by atoms with Gasteiger partial charge in [0.15, 0.2) is 23.0 Å². The van der Waals surface area contributed by atoms with Gasteiger partial charge in [-0.2, -0.15) is 0 Å². The number of ether oxygens (including phenoxy) is 4. The monoisotopic (exact) mass is 493 g/mol. The number of amides is 1. The van der Waals surface area contributed by atoms with Crippen molar-refractivity contribution in [3.8, 4) is 23.0 Å². The van der Waals surface area contributed by atoms with Crippen molar-refractivity contribution >= 4 is 17.5 Å². The molecule has 0 N–H and O–H groups in total. The topological polar surface area (TPSA) is 57.2 Å². The Morgan fingerprint density at radius 1 is 1.03 bits per heavy atom. The smallest absolute Gasteiger partial charge is 0.227 e. The SMILES string of the molecule is COc1cc2c(cc1OC)C(c1ccccc1)N(C(=O)Cc1cc(Cl)c3c(c1)OCCCO3)CC2. The zero-order valence-electron chi connectivity index (χ0n) is 19.9. The summed E-state index contributed by atoms with van der Waals surface area (Å²) in [7, 11) is 3.26. The molecule has 0 spiro atoms. The Morgan fingerprint density at radius 3 is 2.54 bits per heavy atom. The second-order valence-electron chi connectivity index (χ2n) is 8.69. The summed E-state index contributed by atoms with van der Waals surface area (Å²) in [5.74, 6) is 2.51. The van der Waals surface area contributed by atoms with E-state index < -0.39 is 0 Å². The van der Waals surface area contributed by atoms with Crippen LogP contribution in [0.25, 0.3) is 0 Å². The molecule has 0 aromatic heterocycles. The second kappa shape index (κ2) is 10.1. The molecule has 0 aliphatic carbocycles. The Labute approximate surface area is 210 Å². The van der Waals surface area contributed by atoms with Crippen LogP contribution < -0.4 is 18.9 Å². The van der Waals surface area contributed by atoms with Crippen LogP contribution in [0.2, 0.25) is 5.02 Å². The van der Waals surface area contributed by atoms with Crippen molar-refractivity contribution in [2.75, 3.05) is 34.0 Å². The maximum atomic E-state index is 13.7. The van der Waals surface area contributed by atoms with E-state index in [1.54, 1.807) is 20.3 Å². The van der Waals surface area contributed by atoms with E-state index in [0.29, 0.717) is 47.8 Å². The number of hydrogen-bond acceptors (Lipinski definition) is 5. The Bertz CT molecular complexity index is 1230. The van der Waals surface area contributed by atoms with Crippen LogP contribution in [0, 0.1) is 0 Å². The highest BCUT2D eigenvalue weighted by Crippen LogP contribution is 2.42. The van der Waals surface area contributed by atoms with Crippen LogP contribution in [0.15, 0.2) is 54.6 Å². The van der Waals surface area contributed by atoms with Gasteiger partial charge in [-0.15, -0.1) is 0 Å². The number of rotatable bonds is 5. The number of nitrogens with zero attached hydrogens (tertiary/aromatic N) is 1. The van der Waals surface area contributed by atoms with Crippen LogP contribution in [-0.4, -0.2) is 44.8 Å². The molecule has 2 aliphatic rings. The molecule has 2 aliphatic heterocycles. The van der Waals surface area contributed by atoms with E-state index in [2.05, 4.69) is 12.1 Å². The van der Waals surface area contributed by atoms with Gasteiger partial charge in [-0.05, 0) is 52.9 Å². The summed E-state index contributed by atoms with van der Waals surface area (Å²) in [5.41, 5.74) is 4.05. The lowest BCUT2D eigenvalue weighted by Crippen LogP contribution is -2.41. The summed E-state index contributed by atoms with van der Waals surface area (Å²) >= 11 is 6.49. The van der Waals surface area contributed by atoms with Crippen molar-refractivity contribution in [1.29, 1.82) is 0 Å². The van der Waals surface area contributed by atoms with Gasteiger partial charge >= 0.3 is 0 Å². The molecular formula is C28H28ClNO5. The Hall–Kier alpha value is -3.38. The summed E-state index contributed by atoms with van der Waals surface area (Å²) in [6.07, 6.45) is 1.73. The molecule has 3 aromatic rings. The van der Waals surface area contributed by atoms with Crippen molar-refractivity contribution in [3.05, 3.63) is 81.9 Å². The van der Waals surface area contributed by atoms with Gasteiger partial charge in [-0.25, -0.2) is 0 Å². The van der Waals surface area contributed by atoms with Crippen molar-refractivity contribution in [1.82, 2.24) is 4.90 Å².